The van der Waals surface area contributed by atoms with Gasteiger partial charge in [-0.3, -0.25) is 9.69 Å². The largest absolute Gasteiger partial charge is 0.390 e. The molecule has 0 amide bonds. The summed E-state index contributed by atoms with van der Waals surface area (Å²) in [5.41, 5.74) is 0.231. The van der Waals surface area contributed by atoms with Crippen LogP contribution in [0, 0.1) is 5.92 Å². The standard InChI is InChI=1S/C15H22N2O2/c18-14(13-5-3-8-16-13)11-17-9-7-15(19)6-2-1-4-12(15)10-17/h3,5,8,12,16,19H,1-2,4,6-7,9-11H2. The van der Waals surface area contributed by atoms with Crippen molar-refractivity contribution < 1.29 is 9.90 Å². The number of rotatable bonds is 3. The first-order valence-electron chi connectivity index (χ1n) is 7.29. The van der Waals surface area contributed by atoms with E-state index in [2.05, 4.69) is 9.88 Å². The minimum absolute atomic E-state index is 0.145. The summed E-state index contributed by atoms with van der Waals surface area (Å²) in [5.74, 6) is 0.498. The maximum Gasteiger partial charge on any atom is 0.192 e. The number of aromatic amines is 1. The number of aliphatic hydroxyl groups is 1. The zero-order chi connectivity index (χ0) is 13.3. The summed E-state index contributed by atoms with van der Waals surface area (Å²) < 4.78 is 0. The lowest BCUT2D eigenvalue weighted by Gasteiger charge is -2.47. The summed E-state index contributed by atoms with van der Waals surface area (Å²) in [4.78, 5) is 17.2. The van der Waals surface area contributed by atoms with E-state index in [0.29, 0.717) is 18.2 Å². The molecule has 0 aromatic carbocycles. The molecule has 1 saturated carbocycles. The second kappa shape index (κ2) is 5.10. The van der Waals surface area contributed by atoms with Gasteiger partial charge in [0.1, 0.15) is 0 Å². The number of piperidine rings is 1. The van der Waals surface area contributed by atoms with E-state index < -0.39 is 5.60 Å². The van der Waals surface area contributed by atoms with Gasteiger partial charge in [0.2, 0.25) is 0 Å². The average molecular weight is 262 g/mol. The van der Waals surface area contributed by atoms with E-state index in [1.54, 1.807) is 6.20 Å². The third-order valence-electron chi connectivity index (χ3n) is 4.78. The van der Waals surface area contributed by atoms with Gasteiger partial charge >= 0.3 is 0 Å². The van der Waals surface area contributed by atoms with Crippen LogP contribution in [0.3, 0.4) is 0 Å². The molecule has 3 rings (SSSR count). The molecule has 2 fully saturated rings. The molecule has 2 N–H and O–H groups in total. The number of ketones is 1. The second-order valence-electron chi connectivity index (χ2n) is 6.04. The van der Waals surface area contributed by atoms with Crippen LogP contribution in [0.5, 0.6) is 0 Å². The minimum atomic E-state index is -0.454. The molecule has 1 aliphatic heterocycles. The summed E-state index contributed by atoms with van der Waals surface area (Å²) in [6.07, 6.45) is 7.00. The van der Waals surface area contributed by atoms with Crippen molar-refractivity contribution in [3.05, 3.63) is 24.0 Å². The van der Waals surface area contributed by atoms with E-state index in [0.717, 1.165) is 38.8 Å². The Bertz CT molecular complexity index is 443. The van der Waals surface area contributed by atoms with E-state index in [9.17, 15) is 9.90 Å². The molecule has 0 bridgehead atoms. The lowest BCUT2D eigenvalue weighted by Crippen LogP contribution is -2.54. The van der Waals surface area contributed by atoms with Crippen molar-refractivity contribution in [2.75, 3.05) is 19.6 Å². The number of H-pyrrole nitrogens is 1. The van der Waals surface area contributed by atoms with Crippen molar-refractivity contribution in [2.24, 2.45) is 5.92 Å². The van der Waals surface area contributed by atoms with Crippen LogP contribution in [0.1, 0.15) is 42.6 Å². The van der Waals surface area contributed by atoms with E-state index in [4.69, 9.17) is 0 Å². The van der Waals surface area contributed by atoms with Crippen LogP contribution in [0.4, 0.5) is 0 Å². The Morgan fingerprint density at radius 1 is 1.47 bits per heavy atom. The molecule has 19 heavy (non-hydrogen) atoms. The Balaban J connectivity index is 1.60. The Morgan fingerprint density at radius 2 is 2.37 bits per heavy atom. The summed E-state index contributed by atoms with van der Waals surface area (Å²) >= 11 is 0. The van der Waals surface area contributed by atoms with E-state index in [1.807, 2.05) is 12.1 Å². The van der Waals surface area contributed by atoms with Gasteiger partial charge in [-0.1, -0.05) is 12.8 Å². The first kappa shape index (κ1) is 12.9. The van der Waals surface area contributed by atoms with Gasteiger partial charge in [0.05, 0.1) is 17.8 Å². The van der Waals surface area contributed by atoms with Gasteiger partial charge in [-0.05, 0) is 31.4 Å². The highest BCUT2D eigenvalue weighted by Gasteiger charge is 2.42. The molecule has 2 unspecified atom stereocenters. The molecule has 0 spiro atoms. The molecule has 104 valence electrons. The number of fused-ring (bicyclic) bond motifs is 1. The molecule has 2 atom stereocenters. The third kappa shape index (κ3) is 2.60. The zero-order valence-electron chi connectivity index (χ0n) is 11.3. The predicted octanol–water partition coefficient (Wildman–Crippen LogP) is 1.82. The topological polar surface area (TPSA) is 56.3 Å². The van der Waals surface area contributed by atoms with Crippen molar-refractivity contribution in [1.82, 2.24) is 9.88 Å². The van der Waals surface area contributed by atoms with Gasteiger partial charge in [0.25, 0.3) is 0 Å². The fraction of sp³-hybridized carbons (Fsp3) is 0.667. The molecule has 2 aliphatic rings. The number of hydrogen-bond acceptors (Lipinski definition) is 3. The van der Waals surface area contributed by atoms with E-state index in [-0.39, 0.29) is 5.78 Å². The maximum atomic E-state index is 12.1. The molecule has 1 aromatic heterocycles. The van der Waals surface area contributed by atoms with Gasteiger partial charge in [-0.25, -0.2) is 0 Å². The highest BCUT2D eigenvalue weighted by atomic mass is 16.3. The quantitative estimate of drug-likeness (QED) is 0.817. The number of hydrogen-bond donors (Lipinski definition) is 2. The predicted molar refractivity (Wildman–Crippen MR) is 73.1 cm³/mol. The fourth-order valence-corrected chi connectivity index (χ4v) is 3.58. The monoisotopic (exact) mass is 262 g/mol. The number of carbonyl (C=O) groups is 1. The zero-order valence-corrected chi connectivity index (χ0v) is 11.3. The second-order valence-corrected chi connectivity index (χ2v) is 6.04. The number of nitrogens with zero attached hydrogens (tertiary/aromatic N) is 1. The summed E-state index contributed by atoms with van der Waals surface area (Å²) in [6, 6.07) is 3.67. The van der Waals surface area contributed by atoms with Crippen LogP contribution >= 0.6 is 0 Å². The molecular formula is C15H22N2O2. The van der Waals surface area contributed by atoms with Crippen LogP contribution in [-0.4, -0.2) is 46.0 Å². The van der Waals surface area contributed by atoms with Gasteiger partial charge in [-0.2, -0.15) is 0 Å². The molecule has 1 aliphatic carbocycles. The van der Waals surface area contributed by atoms with Crippen molar-refractivity contribution in [1.29, 1.82) is 0 Å². The van der Waals surface area contributed by atoms with Crippen molar-refractivity contribution >= 4 is 5.78 Å². The number of likely N-dealkylation sites (tertiary alicyclic amines) is 1. The van der Waals surface area contributed by atoms with E-state index >= 15 is 0 Å². The highest BCUT2D eigenvalue weighted by molar-refractivity contribution is 5.95. The lowest BCUT2D eigenvalue weighted by atomic mass is 9.71. The molecule has 1 saturated heterocycles. The number of aromatic nitrogens is 1. The van der Waals surface area contributed by atoms with Gasteiger partial charge in [0, 0.05) is 25.2 Å². The normalized spacial score (nSPS) is 31.9. The number of nitrogens with one attached hydrogen (secondary N) is 1. The van der Waals surface area contributed by atoms with Gasteiger partial charge in [-0.15, -0.1) is 0 Å². The van der Waals surface area contributed by atoms with Crippen LogP contribution in [-0.2, 0) is 0 Å². The molecular weight excluding hydrogens is 240 g/mol. The molecule has 4 heteroatoms. The minimum Gasteiger partial charge on any atom is -0.390 e. The van der Waals surface area contributed by atoms with Crippen molar-refractivity contribution in [3.63, 3.8) is 0 Å². The Kier molecular flexibility index (Phi) is 3.46. The molecule has 4 nitrogen and oxygen atoms in total. The Morgan fingerprint density at radius 3 is 3.16 bits per heavy atom. The van der Waals surface area contributed by atoms with Gasteiger partial charge in [0.15, 0.2) is 5.78 Å². The summed E-state index contributed by atoms with van der Waals surface area (Å²) in [7, 11) is 0. The number of carbonyl (C=O) groups excluding carboxylic acids is 1. The maximum absolute atomic E-state index is 12.1. The summed E-state index contributed by atoms with van der Waals surface area (Å²) in [6.45, 7) is 2.16. The summed E-state index contributed by atoms with van der Waals surface area (Å²) in [5, 5.41) is 10.6. The van der Waals surface area contributed by atoms with Crippen LogP contribution in [0.15, 0.2) is 18.3 Å². The Labute approximate surface area is 113 Å². The van der Waals surface area contributed by atoms with Crippen LogP contribution in [0.25, 0.3) is 0 Å². The first-order valence-corrected chi connectivity index (χ1v) is 7.29. The average Bonchev–Trinajstić information content (AvgIpc) is 2.93. The number of Topliss-reactive ketones (excluding diaryl/α,β-unsaturated/α-hetero) is 1. The lowest BCUT2D eigenvalue weighted by molar-refractivity contribution is -0.0936. The fourth-order valence-electron chi connectivity index (χ4n) is 3.58. The van der Waals surface area contributed by atoms with Crippen molar-refractivity contribution in [3.8, 4) is 0 Å². The smallest absolute Gasteiger partial charge is 0.192 e. The molecule has 0 radical (unpaired) electrons. The molecule has 1 aromatic rings. The SMILES string of the molecule is O=C(CN1CCC2(O)CCCCC2C1)c1ccc[nH]1. The third-order valence-corrected chi connectivity index (χ3v) is 4.78. The highest BCUT2D eigenvalue weighted by Crippen LogP contribution is 2.39. The molecule has 2 heterocycles. The van der Waals surface area contributed by atoms with E-state index in [1.165, 1.54) is 6.42 Å². The van der Waals surface area contributed by atoms with Crippen LogP contribution < -0.4 is 0 Å². The van der Waals surface area contributed by atoms with Gasteiger partial charge < -0.3 is 10.1 Å². The Hall–Kier alpha value is -1.13. The van der Waals surface area contributed by atoms with Crippen molar-refractivity contribution in [2.45, 2.75) is 37.7 Å². The first-order chi connectivity index (χ1) is 9.17. The van der Waals surface area contributed by atoms with Crippen LogP contribution in [0.2, 0.25) is 0 Å².